The van der Waals surface area contributed by atoms with Crippen LogP contribution < -0.4 is 15.5 Å². The number of esters is 1. The number of piperidine rings is 1. The summed E-state index contributed by atoms with van der Waals surface area (Å²) in [6.45, 7) is 10.7. The van der Waals surface area contributed by atoms with E-state index in [0.29, 0.717) is 17.3 Å². The number of benzene rings is 3. The van der Waals surface area contributed by atoms with Gasteiger partial charge >= 0.3 is 5.97 Å². The van der Waals surface area contributed by atoms with Crippen LogP contribution in [0.2, 0.25) is 0 Å². The molecule has 256 valence electrons. The number of nitrogens with zero attached hydrogens (tertiary/aromatic N) is 3. The number of ketones is 1. The van der Waals surface area contributed by atoms with Crippen molar-refractivity contribution in [1.29, 1.82) is 0 Å². The van der Waals surface area contributed by atoms with Crippen LogP contribution in [0.15, 0.2) is 79.1 Å². The molecule has 3 aromatic carbocycles. The molecule has 0 saturated carbocycles. The molecule has 1 atom stereocenters. The van der Waals surface area contributed by atoms with Crippen molar-refractivity contribution in [2.75, 3.05) is 41.7 Å². The summed E-state index contributed by atoms with van der Waals surface area (Å²) >= 11 is 0. The van der Waals surface area contributed by atoms with Gasteiger partial charge < -0.3 is 20.3 Å². The molecule has 8 heteroatoms. The molecule has 6 rings (SSSR count). The van der Waals surface area contributed by atoms with Crippen molar-refractivity contribution in [2.24, 2.45) is 5.92 Å². The maximum atomic E-state index is 13.5. The van der Waals surface area contributed by atoms with E-state index >= 15 is 0 Å². The zero-order valence-electron chi connectivity index (χ0n) is 29.3. The summed E-state index contributed by atoms with van der Waals surface area (Å²) in [6.07, 6.45) is 6.83. The summed E-state index contributed by atoms with van der Waals surface area (Å²) in [5.74, 6) is 0.967. The van der Waals surface area contributed by atoms with Gasteiger partial charge in [0.25, 0.3) is 0 Å². The maximum Gasteiger partial charge on any atom is 0.311 e. The number of aromatic nitrogens is 2. The number of nitrogens with one attached hydrogen (secondary N) is 2. The highest BCUT2D eigenvalue weighted by molar-refractivity contribution is 5.98. The number of aryl methyl sites for hydroxylation is 1. The molecule has 0 radical (unpaired) electrons. The quantitative estimate of drug-likeness (QED) is 0.123. The predicted octanol–water partition coefficient (Wildman–Crippen LogP) is 8.09. The first-order chi connectivity index (χ1) is 23.7. The zero-order chi connectivity index (χ0) is 34.4. The van der Waals surface area contributed by atoms with Crippen molar-refractivity contribution >= 4 is 29.1 Å². The second kappa shape index (κ2) is 15.2. The first kappa shape index (κ1) is 34.2. The number of hydrogen-bond donors (Lipinski definition) is 2. The van der Waals surface area contributed by atoms with Gasteiger partial charge in [0.05, 0.1) is 5.92 Å². The van der Waals surface area contributed by atoms with Crippen molar-refractivity contribution in [3.8, 4) is 11.1 Å². The lowest BCUT2D eigenvalue weighted by Gasteiger charge is -2.34. The topological polar surface area (TPSA) is 96.5 Å². The van der Waals surface area contributed by atoms with E-state index in [9.17, 15) is 9.59 Å². The first-order valence-electron chi connectivity index (χ1n) is 17.8. The molecule has 0 spiro atoms. The Labute approximate surface area is 290 Å². The normalized spacial score (nSPS) is 15.6. The molecular weight excluding hydrogens is 610 g/mol. The molecule has 1 saturated heterocycles. The van der Waals surface area contributed by atoms with E-state index in [1.165, 1.54) is 23.2 Å². The van der Waals surface area contributed by atoms with Crippen LogP contribution >= 0.6 is 0 Å². The van der Waals surface area contributed by atoms with Crippen molar-refractivity contribution in [3.63, 3.8) is 0 Å². The third-order valence-corrected chi connectivity index (χ3v) is 9.62. The number of fused-ring (bicyclic) bond motifs is 1. The van der Waals surface area contributed by atoms with Crippen LogP contribution in [0.1, 0.15) is 86.3 Å². The molecule has 1 aromatic heterocycles. The van der Waals surface area contributed by atoms with Crippen molar-refractivity contribution in [3.05, 3.63) is 101 Å². The van der Waals surface area contributed by atoms with E-state index in [2.05, 4.69) is 45.6 Å². The largest absolute Gasteiger partial charge is 0.460 e. The number of carbonyl (C=O) groups is 2. The molecule has 0 bridgehead atoms. The zero-order valence-corrected chi connectivity index (χ0v) is 29.3. The van der Waals surface area contributed by atoms with E-state index in [0.717, 1.165) is 67.8 Å². The summed E-state index contributed by atoms with van der Waals surface area (Å²) in [7, 11) is 0. The maximum absolute atomic E-state index is 13.5. The minimum atomic E-state index is -0.689. The van der Waals surface area contributed by atoms with Gasteiger partial charge in [-0.3, -0.25) is 9.59 Å². The molecule has 0 unspecified atom stereocenters. The van der Waals surface area contributed by atoms with Gasteiger partial charge in [0.1, 0.15) is 23.6 Å². The minimum Gasteiger partial charge on any atom is -0.460 e. The monoisotopic (exact) mass is 659 g/mol. The van der Waals surface area contributed by atoms with Crippen LogP contribution in [0.3, 0.4) is 0 Å². The second-order valence-electron chi connectivity index (χ2n) is 14.3. The molecule has 2 aliphatic heterocycles. The lowest BCUT2D eigenvalue weighted by molar-refractivity contribution is -0.159. The average Bonchev–Trinajstić information content (AvgIpc) is 3.12. The van der Waals surface area contributed by atoms with Gasteiger partial charge in [-0.1, -0.05) is 73.7 Å². The Morgan fingerprint density at radius 1 is 0.980 bits per heavy atom. The smallest absolute Gasteiger partial charge is 0.311 e. The molecule has 49 heavy (non-hydrogen) atoms. The average molecular weight is 660 g/mol. The van der Waals surface area contributed by atoms with Crippen LogP contribution in [-0.2, 0) is 22.4 Å². The molecule has 2 N–H and O–H groups in total. The summed E-state index contributed by atoms with van der Waals surface area (Å²) in [5, 5.41) is 7.00. The van der Waals surface area contributed by atoms with E-state index in [1.54, 1.807) is 6.33 Å². The number of rotatable bonds is 11. The molecular formula is C41H49N5O3. The van der Waals surface area contributed by atoms with Gasteiger partial charge in [0, 0.05) is 49.4 Å². The summed E-state index contributed by atoms with van der Waals surface area (Å²) < 4.78 is 5.78. The Kier molecular flexibility index (Phi) is 10.6. The third kappa shape index (κ3) is 8.48. The lowest BCUT2D eigenvalue weighted by atomic mass is 9.87. The number of Topliss-reactive ketones (excluding diaryl/α,β-unsaturated/α-hetero) is 1. The van der Waals surface area contributed by atoms with Crippen LogP contribution in [0.5, 0.6) is 0 Å². The van der Waals surface area contributed by atoms with Gasteiger partial charge in [0.15, 0.2) is 5.78 Å². The number of hydrogen-bond acceptors (Lipinski definition) is 8. The first-order valence-corrected chi connectivity index (χ1v) is 17.8. The number of carbonyl (C=O) groups excluding carboxylic acids is 2. The van der Waals surface area contributed by atoms with Crippen LogP contribution in [0.25, 0.3) is 11.1 Å². The predicted molar refractivity (Wildman–Crippen MR) is 198 cm³/mol. The van der Waals surface area contributed by atoms with E-state index in [4.69, 9.17) is 9.72 Å². The van der Waals surface area contributed by atoms with Gasteiger partial charge in [-0.2, -0.15) is 0 Å². The van der Waals surface area contributed by atoms with Crippen molar-refractivity contribution < 1.29 is 14.3 Å². The Morgan fingerprint density at radius 3 is 2.43 bits per heavy atom. The Balaban J connectivity index is 1.13. The van der Waals surface area contributed by atoms with E-state index in [-0.39, 0.29) is 18.7 Å². The van der Waals surface area contributed by atoms with Gasteiger partial charge in [-0.05, 0) is 87.1 Å². The highest BCUT2D eigenvalue weighted by Gasteiger charge is 2.29. The van der Waals surface area contributed by atoms with Crippen LogP contribution in [-0.4, -0.2) is 53.5 Å². The standard InChI is InChI=1S/C41H49N5O3/c1-5-35-38(44-27-45-39(35)46-22-19-30(20-23-46)33-18-15-31-12-9-21-42-36(31)24-33)43-26-34(40(48)49-41(2,3)4)25-37(47)32-16-13-29(14-17-32)28-10-7-6-8-11-28/h6-8,10-11,13-18,24,27,30,34,42H,5,9,12,19-23,25-26H2,1-4H3,(H,43,44,45)/t34-/m0/s1. The fourth-order valence-corrected chi connectivity index (χ4v) is 6.98. The molecule has 0 amide bonds. The molecule has 8 nitrogen and oxygen atoms in total. The SMILES string of the molecule is CCc1c(NC[C@H](CC(=O)c2ccc(-c3ccccc3)cc2)C(=O)OC(C)(C)C)ncnc1N1CCC(c2ccc3c(c2)NCCC3)CC1. The molecule has 0 aliphatic carbocycles. The fraction of sp³-hybridized carbons (Fsp3) is 0.415. The summed E-state index contributed by atoms with van der Waals surface area (Å²) in [6, 6.07) is 24.6. The van der Waals surface area contributed by atoms with Gasteiger partial charge in [-0.15, -0.1) is 0 Å². The Bertz CT molecular complexity index is 1740. The second-order valence-corrected chi connectivity index (χ2v) is 14.3. The summed E-state index contributed by atoms with van der Waals surface area (Å²) in [4.78, 5) is 38.6. The Morgan fingerprint density at radius 2 is 1.71 bits per heavy atom. The summed E-state index contributed by atoms with van der Waals surface area (Å²) in [5.41, 5.74) is 7.19. The lowest BCUT2D eigenvalue weighted by Crippen LogP contribution is -2.35. The molecule has 3 heterocycles. The third-order valence-electron chi connectivity index (χ3n) is 9.62. The highest BCUT2D eigenvalue weighted by Crippen LogP contribution is 2.35. The van der Waals surface area contributed by atoms with Crippen molar-refractivity contribution in [2.45, 2.75) is 77.7 Å². The van der Waals surface area contributed by atoms with Crippen LogP contribution in [0, 0.1) is 5.92 Å². The van der Waals surface area contributed by atoms with E-state index in [1.807, 2.05) is 75.4 Å². The minimum absolute atomic E-state index is 0.0255. The van der Waals surface area contributed by atoms with Crippen LogP contribution in [0.4, 0.5) is 17.3 Å². The molecule has 4 aromatic rings. The van der Waals surface area contributed by atoms with Gasteiger partial charge in [0.2, 0.25) is 0 Å². The molecule has 2 aliphatic rings. The van der Waals surface area contributed by atoms with Gasteiger partial charge in [-0.25, -0.2) is 9.97 Å². The molecule has 1 fully saturated rings. The number of ether oxygens (including phenoxy) is 1. The van der Waals surface area contributed by atoms with E-state index < -0.39 is 17.5 Å². The van der Waals surface area contributed by atoms with Crippen molar-refractivity contribution in [1.82, 2.24) is 9.97 Å². The fourth-order valence-electron chi connectivity index (χ4n) is 6.98. The highest BCUT2D eigenvalue weighted by atomic mass is 16.6. The Hall–Kier alpha value is -4.72. The number of anilines is 3.